The second-order valence-corrected chi connectivity index (χ2v) is 4.47. The van der Waals surface area contributed by atoms with Crippen LogP contribution in [-0.4, -0.2) is 36.3 Å². The first-order chi connectivity index (χ1) is 8.43. The van der Waals surface area contributed by atoms with Gasteiger partial charge in [0.25, 0.3) is 0 Å². The summed E-state index contributed by atoms with van der Waals surface area (Å²) in [5.41, 5.74) is 0.333. The molecule has 2 heterocycles. The Morgan fingerprint density at radius 1 is 1.39 bits per heavy atom. The van der Waals surface area contributed by atoms with Crippen molar-refractivity contribution in [3.8, 4) is 11.4 Å². The second-order valence-electron chi connectivity index (χ2n) is 4.47. The van der Waals surface area contributed by atoms with Gasteiger partial charge < -0.3 is 5.11 Å². The van der Waals surface area contributed by atoms with E-state index in [9.17, 15) is 9.90 Å². The third kappa shape index (κ3) is 1.94. The molecule has 1 N–H and O–H groups in total. The normalized spacial score (nSPS) is 11.5. The Balaban J connectivity index is 2.52. The number of carbonyl (C=O) groups is 1. The minimum absolute atomic E-state index is 0.384. The van der Waals surface area contributed by atoms with E-state index in [1.165, 1.54) is 18.5 Å². The number of tetrazole rings is 1. The van der Waals surface area contributed by atoms with Crippen LogP contribution < -0.4 is 0 Å². The summed E-state index contributed by atoms with van der Waals surface area (Å²) in [4.78, 5) is 15.4. The fourth-order valence-corrected chi connectivity index (χ4v) is 1.43. The molecule has 0 unspecified atom stereocenters. The highest BCUT2D eigenvalue weighted by atomic mass is 16.4. The van der Waals surface area contributed by atoms with Crippen LogP contribution in [0.3, 0.4) is 0 Å². The monoisotopic (exact) mass is 247 g/mol. The lowest BCUT2D eigenvalue weighted by molar-refractivity contribution is -0.146. The van der Waals surface area contributed by atoms with E-state index in [1.807, 2.05) is 19.1 Å². The number of aromatic nitrogens is 5. The number of pyridine rings is 1. The molecule has 0 aliphatic heterocycles. The summed E-state index contributed by atoms with van der Waals surface area (Å²) in [5.74, 6) is -0.619. The third-order valence-corrected chi connectivity index (χ3v) is 2.69. The van der Waals surface area contributed by atoms with E-state index in [-0.39, 0.29) is 0 Å². The van der Waals surface area contributed by atoms with Gasteiger partial charge in [-0.15, -0.1) is 5.10 Å². The molecule has 7 heteroatoms. The Morgan fingerprint density at radius 3 is 2.67 bits per heavy atom. The van der Waals surface area contributed by atoms with Crippen molar-refractivity contribution in [1.82, 2.24) is 25.2 Å². The van der Waals surface area contributed by atoms with E-state index >= 15 is 0 Å². The van der Waals surface area contributed by atoms with Crippen molar-refractivity contribution in [3.05, 3.63) is 24.0 Å². The van der Waals surface area contributed by atoms with Gasteiger partial charge in [0.1, 0.15) is 0 Å². The molecule has 94 valence electrons. The van der Waals surface area contributed by atoms with Crippen LogP contribution in [0.2, 0.25) is 0 Å². The van der Waals surface area contributed by atoms with Crippen LogP contribution >= 0.6 is 0 Å². The molecule has 0 radical (unpaired) electrons. The van der Waals surface area contributed by atoms with E-state index in [0.29, 0.717) is 11.4 Å². The Morgan fingerprint density at radius 2 is 2.11 bits per heavy atom. The van der Waals surface area contributed by atoms with Gasteiger partial charge in [0.2, 0.25) is 0 Å². The van der Waals surface area contributed by atoms with Crippen LogP contribution in [0.1, 0.15) is 19.5 Å². The van der Waals surface area contributed by atoms with Crippen LogP contribution in [0.5, 0.6) is 0 Å². The topological polar surface area (TPSA) is 93.8 Å². The Labute approximate surface area is 103 Å². The maximum absolute atomic E-state index is 11.2. The summed E-state index contributed by atoms with van der Waals surface area (Å²) in [7, 11) is 0. The minimum Gasteiger partial charge on any atom is -0.479 e. The summed E-state index contributed by atoms with van der Waals surface area (Å²) in [6.07, 6.45) is 1.62. The van der Waals surface area contributed by atoms with Gasteiger partial charge in [0.15, 0.2) is 11.4 Å². The summed E-state index contributed by atoms with van der Waals surface area (Å²) in [6.45, 7) is 4.95. The molecule has 2 rings (SSSR count). The maximum Gasteiger partial charge on any atom is 0.331 e. The van der Waals surface area contributed by atoms with Gasteiger partial charge in [-0.3, -0.25) is 4.98 Å². The number of hydrogen-bond donors (Lipinski definition) is 1. The summed E-state index contributed by atoms with van der Waals surface area (Å²) >= 11 is 0. The van der Waals surface area contributed by atoms with Crippen LogP contribution in [0.25, 0.3) is 11.4 Å². The highest BCUT2D eigenvalue weighted by molar-refractivity contribution is 5.76. The molecule has 0 aliphatic carbocycles. The fourth-order valence-electron chi connectivity index (χ4n) is 1.43. The largest absolute Gasteiger partial charge is 0.479 e. The zero-order valence-corrected chi connectivity index (χ0v) is 10.3. The maximum atomic E-state index is 11.2. The highest BCUT2D eigenvalue weighted by Crippen LogP contribution is 2.22. The standard InChI is InChI=1S/C11H13N5O2/c1-7-4-5-8(6-12-7)9-13-14-15-16(9)11(2,3)10(17)18/h4-6H,1-3H3,(H,17,18). The zero-order chi connectivity index (χ0) is 13.3. The lowest BCUT2D eigenvalue weighted by Crippen LogP contribution is -2.37. The van der Waals surface area contributed by atoms with Gasteiger partial charge in [-0.05, 0) is 43.3 Å². The van der Waals surface area contributed by atoms with Crippen LogP contribution in [-0.2, 0) is 10.3 Å². The number of aryl methyl sites for hydroxylation is 1. The van der Waals surface area contributed by atoms with Gasteiger partial charge >= 0.3 is 5.97 Å². The first-order valence-corrected chi connectivity index (χ1v) is 5.38. The molecule has 2 aromatic heterocycles. The van der Waals surface area contributed by atoms with E-state index in [2.05, 4.69) is 20.5 Å². The third-order valence-electron chi connectivity index (χ3n) is 2.69. The molecule has 0 saturated heterocycles. The van der Waals surface area contributed by atoms with E-state index in [4.69, 9.17) is 0 Å². The first kappa shape index (κ1) is 12.2. The number of rotatable bonds is 3. The molecule has 0 atom stereocenters. The van der Waals surface area contributed by atoms with Crippen molar-refractivity contribution in [3.63, 3.8) is 0 Å². The van der Waals surface area contributed by atoms with Crippen molar-refractivity contribution in [2.75, 3.05) is 0 Å². The van der Waals surface area contributed by atoms with E-state index in [0.717, 1.165) is 5.69 Å². The molecule has 0 spiro atoms. The molecule has 2 aromatic rings. The minimum atomic E-state index is -1.22. The number of nitrogens with zero attached hydrogens (tertiary/aromatic N) is 5. The summed E-state index contributed by atoms with van der Waals surface area (Å²) in [6, 6.07) is 3.63. The average Bonchev–Trinajstić information content (AvgIpc) is 2.79. The first-order valence-electron chi connectivity index (χ1n) is 5.38. The van der Waals surface area contributed by atoms with Gasteiger partial charge in [0.05, 0.1) is 0 Å². The van der Waals surface area contributed by atoms with Gasteiger partial charge in [-0.2, -0.15) is 0 Å². The summed E-state index contributed by atoms with van der Waals surface area (Å²) < 4.78 is 1.28. The molecular formula is C11H13N5O2. The van der Waals surface area contributed by atoms with Crippen molar-refractivity contribution in [1.29, 1.82) is 0 Å². The predicted molar refractivity (Wildman–Crippen MR) is 62.7 cm³/mol. The molecular weight excluding hydrogens is 234 g/mol. The van der Waals surface area contributed by atoms with Crippen LogP contribution in [0.4, 0.5) is 0 Å². The molecule has 0 saturated carbocycles. The van der Waals surface area contributed by atoms with E-state index in [1.54, 1.807) is 6.20 Å². The van der Waals surface area contributed by atoms with Gasteiger partial charge in [-0.1, -0.05) is 0 Å². The molecule has 0 aromatic carbocycles. The summed E-state index contributed by atoms with van der Waals surface area (Å²) in [5, 5.41) is 20.4. The Bertz CT molecular complexity index is 573. The quantitative estimate of drug-likeness (QED) is 0.864. The number of hydrogen-bond acceptors (Lipinski definition) is 5. The van der Waals surface area contributed by atoms with Crippen molar-refractivity contribution in [2.45, 2.75) is 26.3 Å². The number of aliphatic carboxylic acids is 1. The average molecular weight is 247 g/mol. The Kier molecular flexibility index (Phi) is 2.82. The van der Waals surface area contributed by atoms with Crippen LogP contribution in [0.15, 0.2) is 18.3 Å². The van der Waals surface area contributed by atoms with Crippen LogP contribution in [0, 0.1) is 6.92 Å². The smallest absolute Gasteiger partial charge is 0.331 e. The lowest BCUT2D eigenvalue weighted by Gasteiger charge is -2.20. The molecule has 0 amide bonds. The molecule has 18 heavy (non-hydrogen) atoms. The predicted octanol–water partition coefficient (Wildman–Crippen LogP) is 0.863. The number of carboxylic acid groups (broad SMARTS) is 1. The van der Waals surface area contributed by atoms with Gasteiger partial charge in [0, 0.05) is 17.5 Å². The number of carboxylic acids is 1. The second kappa shape index (κ2) is 4.17. The SMILES string of the molecule is Cc1ccc(-c2nnnn2C(C)(C)C(=O)O)cn1. The molecule has 0 aliphatic rings. The molecule has 0 fully saturated rings. The zero-order valence-electron chi connectivity index (χ0n) is 10.3. The Hall–Kier alpha value is -2.31. The van der Waals surface area contributed by atoms with E-state index < -0.39 is 11.5 Å². The van der Waals surface area contributed by atoms with Crippen molar-refractivity contribution >= 4 is 5.97 Å². The lowest BCUT2D eigenvalue weighted by atomic mass is 10.1. The van der Waals surface area contributed by atoms with Crippen molar-refractivity contribution < 1.29 is 9.90 Å². The molecule has 0 bridgehead atoms. The van der Waals surface area contributed by atoms with Gasteiger partial charge in [-0.25, -0.2) is 9.48 Å². The molecule has 7 nitrogen and oxygen atoms in total. The fraction of sp³-hybridized carbons (Fsp3) is 0.364. The van der Waals surface area contributed by atoms with Crippen molar-refractivity contribution in [2.24, 2.45) is 0 Å². The highest BCUT2D eigenvalue weighted by Gasteiger charge is 2.33.